The molecule has 0 unspecified atom stereocenters. The molecule has 1 aromatic carbocycles. The Balaban J connectivity index is 1.21. The van der Waals surface area contributed by atoms with Crippen LogP contribution in [-0.4, -0.2) is 97.3 Å². The van der Waals surface area contributed by atoms with Crippen LogP contribution in [0.3, 0.4) is 0 Å². The minimum absolute atomic E-state index is 0.0439. The highest BCUT2D eigenvalue weighted by Crippen LogP contribution is 2.31. The van der Waals surface area contributed by atoms with E-state index in [-0.39, 0.29) is 5.91 Å². The van der Waals surface area contributed by atoms with E-state index in [0.717, 1.165) is 77.3 Å². The molecular weight excluding hydrogens is 627 g/mol. The third-order valence-electron chi connectivity index (χ3n) is 10.1. The number of hydrogen-bond donors (Lipinski definition) is 2. The summed E-state index contributed by atoms with van der Waals surface area (Å²) >= 11 is 0. The maximum atomic E-state index is 13.6. The molecule has 10 heteroatoms. The van der Waals surface area contributed by atoms with Gasteiger partial charge in [0.2, 0.25) is 0 Å². The number of ether oxygens (including phenoxy) is 1. The van der Waals surface area contributed by atoms with Crippen LogP contribution >= 0.6 is 0 Å². The Labute approximate surface area is 293 Å². The first-order chi connectivity index (χ1) is 23.8. The third-order valence-corrected chi connectivity index (χ3v) is 11.8. The first-order valence-corrected chi connectivity index (χ1v) is 22.5. The zero-order valence-corrected chi connectivity index (χ0v) is 31.1. The first-order valence-electron chi connectivity index (χ1n) is 18.8. The van der Waals surface area contributed by atoms with Crippen molar-refractivity contribution in [2.45, 2.75) is 83.8 Å². The number of pyridine rings is 2. The molecule has 3 aromatic heterocycles. The molecule has 6 rings (SSSR count). The lowest BCUT2D eigenvalue weighted by Crippen LogP contribution is -2.33. The normalized spacial score (nSPS) is 16.4. The van der Waals surface area contributed by atoms with E-state index < -0.39 is 8.07 Å². The van der Waals surface area contributed by atoms with Gasteiger partial charge in [-0.25, -0.2) is 4.98 Å². The maximum absolute atomic E-state index is 13.6. The molecule has 2 saturated heterocycles. The second-order valence-corrected chi connectivity index (χ2v) is 20.8. The van der Waals surface area contributed by atoms with E-state index >= 15 is 0 Å². The van der Waals surface area contributed by atoms with Crippen molar-refractivity contribution >= 4 is 41.5 Å². The van der Waals surface area contributed by atoms with E-state index in [1.165, 1.54) is 64.7 Å². The van der Waals surface area contributed by atoms with Crippen LogP contribution in [0.1, 0.15) is 61.9 Å². The standard InChI is InChI=1S/C39H57N7O2Si/c1-49(2,3)25-24-48-30-46-37-26-31(12-13-32(37)27-38(46)39(47)42-16-11-23-45-20-8-5-9-21-45)35-28-36(33-29-40-17-14-34(33)43-35)41-15-10-22-44-18-6-4-7-19-44/h12-14,17,26-29H,4-11,15-16,18-25,30H2,1-3H3,(H,41,43)(H,42,47). The van der Waals surface area contributed by atoms with Gasteiger partial charge in [-0.2, -0.15) is 0 Å². The largest absolute Gasteiger partial charge is 0.384 e. The summed E-state index contributed by atoms with van der Waals surface area (Å²) in [7, 11) is -1.25. The third kappa shape index (κ3) is 9.90. The minimum atomic E-state index is -1.25. The Morgan fingerprint density at radius 3 is 2.31 bits per heavy atom. The number of aromatic nitrogens is 3. The summed E-state index contributed by atoms with van der Waals surface area (Å²) in [5.41, 5.74) is 5.51. The van der Waals surface area contributed by atoms with Gasteiger partial charge in [0.15, 0.2) is 0 Å². The van der Waals surface area contributed by atoms with Crippen molar-refractivity contribution in [2.24, 2.45) is 0 Å². The molecule has 49 heavy (non-hydrogen) atoms. The monoisotopic (exact) mass is 683 g/mol. The lowest BCUT2D eigenvalue weighted by Gasteiger charge is -2.26. The van der Waals surface area contributed by atoms with Gasteiger partial charge in [0.05, 0.1) is 16.7 Å². The molecule has 2 aliphatic rings. The number of benzene rings is 1. The van der Waals surface area contributed by atoms with Crippen LogP contribution < -0.4 is 10.6 Å². The number of piperidine rings is 2. The van der Waals surface area contributed by atoms with Crippen LogP contribution in [0.4, 0.5) is 5.69 Å². The molecular formula is C39H57N7O2Si. The number of hydrogen-bond acceptors (Lipinski definition) is 7. The van der Waals surface area contributed by atoms with Gasteiger partial charge in [0, 0.05) is 62.2 Å². The molecule has 2 aliphatic heterocycles. The summed E-state index contributed by atoms with van der Waals surface area (Å²) < 4.78 is 8.30. The predicted molar refractivity (Wildman–Crippen MR) is 205 cm³/mol. The summed E-state index contributed by atoms with van der Waals surface area (Å²) in [6.07, 6.45) is 13.7. The number of amides is 1. The van der Waals surface area contributed by atoms with Crippen LogP contribution in [0.25, 0.3) is 33.1 Å². The number of fused-ring (bicyclic) bond motifs is 2. The van der Waals surface area contributed by atoms with Gasteiger partial charge >= 0.3 is 0 Å². The molecule has 0 radical (unpaired) electrons. The van der Waals surface area contributed by atoms with E-state index in [9.17, 15) is 4.79 Å². The van der Waals surface area contributed by atoms with Crippen molar-refractivity contribution in [1.82, 2.24) is 29.7 Å². The molecule has 2 N–H and O–H groups in total. The quantitative estimate of drug-likeness (QED) is 0.0937. The SMILES string of the molecule is C[Si](C)(C)CCOCn1c(C(=O)NCCCN2CCCCC2)cc2ccc(-c3cc(NCCCN4CCCCC4)c4cnccc4n3)cc21. The Morgan fingerprint density at radius 2 is 1.59 bits per heavy atom. The lowest BCUT2D eigenvalue weighted by molar-refractivity contribution is 0.0810. The molecule has 264 valence electrons. The van der Waals surface area contributed by atoms with E-state index in [2.05, 4.69) is 69.3 Å². The van der Waals surface area contributed by atoms with Gasteiger partial charge in [-0.1, -0.05) is 44.6 Å². The van der Waals surface area contributed by atoms with Gasteiger partial charge in [-0.05, 0) is 108 Å². The van der Waals surface area contributed by atoms with Crippen LogP contribution in [0.2, 0.25) is 25.7 Å². The zero-order valence-electron chi connectivity index (χ0n) is 30.1. The lowest BCUT2D eigenvalue weighted by atomic mass is 10.1. The van der Waals surface area contributed by atoms with Crippen molar-refractivity contribution in [3.63, 3.8) is 0 Å². The van der Waals surface area contributed by atoms with E-state index in [1.807, 2.05) is 29.1 Å². The van der Waals surface area contributed by atoms with Crippen LogP contribution in [0.15, 0.2) is 48.8 Å². The topological polar surface area (TPSA) is 87.5 Å². The molecule has 0 spiro atoms. The second kappa shape index (κ2) is 17.1. The maximum Gasteiger partial charge on any atom is 0.268 e. The number of nitrogens with zero attached hydrogens (tertiary/aromatic N) is 5. The van der Waals surface area contributed by atoms with E-state index in [0.29, 0.717) is 25.6 Å². The molecule has 4 aromatic rings. The second-order valence-electron chi connectivity index (χ2n) is 15.2. The molecule has 0 bridgehead atoms. The molecule has 0 atom stereocenters. The Bertz CT molecular complexity index is 1670. The summed E-state index contributed by atoms with van der Waals surface area (Å²) in [4.78, 5) is 28.2. The fraction of sp³-hybridized carbons (Fsp3) is 0.564. The van der Waals surface area contributed by atoms with Gasteiger partial charge in [0.1, 0.15) is 12.4 Å². The van der Waals surface area contributed by atoms with Crippen LogP contribution in [0, 0.1) is 0 Å². The molecule has 2 fully saturated rings. The molecule has 5 heterocycles. The summed E-state index contributed by atoms with van der Waals surface area (Å²) in [6, 6.07) is 13.6. The van der Waals surface area contributed by atoms with Crippen molar-refractivity contribution in [3.8, 4) is 11.3 Å². The van der Waals surface area contributed by atoms with Crippen molar-refractivity contribution < 1.29 is 9.53 Å². The fourth-order valence-corrected chi connectivity index (χ4v) is 7.88. The Hall–Kier alpha value is -3.31. The Kier molecular flexibility index (Phi) is 12.4. The van der Waals surface area contributed by atoms with Gasteiger partial charge in [-0.3, -0.25) is 9.78 Å². The fourth-order valence-electron chi connectivity index (χ4n) is 7.12. The van der Waals surface area contributed by atoms with Crippen molar-refractivity contribution in [2.75, 3.05) is 64.3 Å². The minimum Gasteiger partial charge on any atom is -0.384 e. The van der Waals surface area contributed by atoms with E-state index in [4.69, 9.17) is 9.72 Å². The predicted octanol–water partition coefficient (Wildman–Crippen LogP) is 7.46. The number of carbonyl (C=O) groups excluding carboxylic acids is 1. The Morgan fingerprint density at radius 1 is 0.878 bits per heavy atom. The first kappa shape index (κ1) is 35.5. The summed E-state index contributed by atoms with van der Waals surface area (Å²) in [5, 5.41) is 8.98. The number of nitrogens with one attached hydrogen (secondary N) is 2. The van der Waals surface area contributed by atoms with Crippen molar-refractivity contribution in [3.05, 3.63) is 54.5 Å². The average Bonchev–Trinajstić information content (AvgIpc) is 3.48. The van der Waals surface area contributed by atoms with Crippen LogP contribution in [0.5, 0.6) is 0 Å². The summed E-state index contributed by atoms with van der Waals surface area (Å²) in [6.45, 7) is 16.7. The molecule has 9 nitrogen and oxygen atoms in total. The number of likely N-dealkylation sites (tertiary alicyclic amines) is 2. The van der Waals surface area contributed by atoms with Crippen molar-refractivity contribution in [1.29, 1.82) is 0 Å². The molecule has 1 amide bonds. The average molecular weight is 684 g/mol. The van der Waals surface area contributed by atoms with Gasteiger partial charge in [-0.15, -0.1) is 0 Å². The smallest absolute Gasteiger partial charge is 0.268 e. The highest BCUT2D eigenvalue weighted by Gasteiger charge is 2.19. The highest BCUT2D eigenvalue weighted by atomic mass is 28.3. The molecule has 0 saturated carbocycles. The van der Waals surface area contributed by atoms with Gasteiger partial charge in [0.25, 0.3) is 5.91 Å². The zero-order chi connectivity index (χ0) is 34.1. The summed E-state index contributed by atoms with van der Waals surface area (Å²) in [5.74, 6) is -0.0439. The van der Waals surface area contributed by atoms with Crippen LogP contribution in [-0.2, 0) is 11.5 Å². The number of anilines is 1. The van der Waals surface area contributed by atoms with Gasteiger partial charge < -0.3 is 29.7 Å². The highest BCUT2D eigenvalue weighted by molar-refractivity contribution is 6.76. The number of carbonyl (C=O) groups is 1. The number of rotatable bonds is 16. The molecule has 0 aliphatic carbocycles. The van der Waals surface area contributed by atoms with E-state index in [1.54, 1.807) is 0 Å².